The van der Waals surface area contributed by atoms with Gasteiger partial charge in [-0.1, -0.05) is 12.8 Å². The standard InChI is InChI=1S/C8H12F6O3S.K/c9-6(8(13,14)18(15,16)17)4-2-1-3-5-7(10,11)12;/h6H,1-5H2,(H,15,16,17);/q;+1/p-1. The van der Waals surface area contributed by atoms with Gasteiger partial charge in [0.05, 0.1) is 0 Å². The molecule has 0 radical (unpaired) electrons. The number of hydrogen-bond donors (Lipinski definition) is 0. The van der Waals surface area contributed by atoms with Gasteiger partial charge in [-0.2, -0.15) is 22.0 Å². The van der Waals surface area contributed by atoms with Gasteiger partial charge in [-0.05, 0) is 12.8 Å². The van der Waals surface area contributed by atoms with Gasteiger partial charge in [0.1, 0.15) is 0 Å². The van der Waals surface area contributed by atoms with Gasteiger partial charge in [-0.15, -0.1) is 0 Å². The molecule has 11 heteroatoms. The fourth-order valence-electron chi connectivity index (χ4n) is 1.15. The molecule has 0 aromatic rings. The molecule has 0 aliphatic rings. The maximum absolute atomic E-state index is 12.8. The van der Waals surface area contributed by atoms with Gasteiger partial charge in [0.25, 0.3) is 0 Å². The van der Waals surface area contributed by atoms with Crippen LogP contribution in [0.3, 0.4) is 0 Å². The summed E-state index contributed by atoms with van der Waals surface area (Å²) in [6.07, 6.45) is -10.6. The van der Waals surface area contributed by atoms with Gasteiger partial charge in [0, 0.05) is 6.42 Å². The molecule has 19 heavy (non-hydrogen) atoms. The van der Waals surface area contributed by atoms with Crippen molar-refractivity contribution in [3.63, 3.8) is 0 Å². The third-order valence-corrected chi connectivity index (χ3v) is 3.04. The average Bonchev–Trinajstić information content (AvgIpc) is 2.13. The Balaban J connectivity index is 0. The minimum atomic E-state index is -6.11. The van der Waals surface area contributed by atoms with Gasteiger partial charge in [0.2, 0.25) is 0 Å². The average molecular weight is 340 g/mol. The number of rotatable bonds is 7. The van der Waals surface area contributed by atoms with Crippen LogP contribution in [0.4, 0.5) is 26.3 Å². The third kappa shape index (κ3) is 8.89. The molecule has 0 fully saturated rings. The quantitative estimate of drug-likeness (QED) is 0.283. The molecule has 3 nitrogen and oxygen atoms in total. The van der Waals surface area contributed by atoms with Crippen molar-refractivity contribution in [3.05, 3.63) is 0 Å². The summed E-state index contributed by atoms with van der Waals surface area (Å²) in [4.78, 5) is 0. The summed E-state index contributed by atoms with van der Waals surface area (Å²) in [6, 6.07) is 0. The zero-order valence-electron chi connectivity index (χ0n) is 10.0. The molecule has 1 unspecified atom stereocenters. The van der Waals surface area contributed by atoms with E-state index in [0.717, 1.165) is 0 Å². The van der Waals surface area contributed by atoms with E-state index in [1.54, 1.807) is 0 Å². The van der Waals surface area contributed by atoms with Crippen LogP contribution in [0, 0.1) is 0 Å². The monoisotopic (exact) mass is 340 g/mol. The van der Waals surface area contributed by atoms with E-state index in [2.05, 4.69) is 0 Å². The van der Waals surface area contributed by atoms with Crippen LogP contribution >= 0.6 is 0 Å². The largest absolute Gasteiger partial charge is 1.00 e. The number of halogens is 6. The van der Waals surface area contributed by atoms with E-state index >= 15 is 0 Å². The van der Waals surface area contributed by atoms with Crippen molar-refractivity contribution >= 4 is 10.1 Å². The molecule has 0 N–H and O–H groups in total. The van der Waals surface area contributed by atoms with Crippen LogP contribution in [0.15, 0.2) is 0 Å². The number of alkyl halides is 6. The third-order valence-electron chi connectivity index (χ3n) is 2.12. The molecule has 110 valence electrons. The fourth-order valence-corrected chi connectivity index (χ4v) is 1.58. The van der Waals surface area contributed by atoms with Crippen molar-refractivity contribution in [2.24, 2.45) is 0 Å². The SMILES string of the molecule is O=S(=O)([O-])C(F)(F)C(F)CCCCCC(F)(F)F.[K+]. The maximum Gasteiger partial charge on any atom is 1.00 e. The second-order valence-electron chi connectivity index (χ2n) is 3.70. The number of unbranched alkanes of at least 4 members (excludes halogenated alkanes) is 2. The van der Waals surface area contributed by atoms with Crippen molar-refractivity contribution in [1.29, 1.82) is 0 Å². The van der Waals surface area contributed by atoms with Crippen LogP contribution in [0.1, 0.15) is 32.1 Å². The summed E-state index contributed by atoms with van der Waals surface area (Å²) in [7, 11) is -6.11. The molecular weight excluding hydrogens is 329 g/mol. The van der Waals surface area contributed by atoms with Crippen LogP contribution < -0.4 is 51.4 Å². The molecule has 0 amide bonds. The molecule has 0 aromatic heterocycles. The van der Waals surface area contributed by atoms with E-state index < -0.39 is 40.6 Å². The van der Waals surface area contributed by atoms with Crippen molar-refractivity contribution in [2.45, 2.75) is 49.7 Å². The second-order valence-corrected chi connectivity index (χ2v) is 5.15. The summed E-state index contributed by atoms with van der Waals surface area (Å²) >= 11 is 0. The minimum Gasteiger partial charge on any atom is -0.743 e. The molecule has 0 saturated carbocycles. The molecule has 0 aromatic carbocycles. The molecule has 0 saturated heterocycles. The van der Waals surface area contributed by atoms with Gasteiger partial charge >= 0.3 is 62.8 Å². The first-order valence-electron chi connectivity index (χ1n) is 4.92. The summed E-state index contributed by atoms with van der Waals surface area (Å²) in [5.74, 6) is 0. The minimum absolute atomic E-state index is 0. The number of hydrogen-bond acceptors (Lipinski definition) is 3. The van der Waals surface area contributed by atoms with Gasteiger partial charge < -0.3 is 4.55 Å². The van der Waals surface area contributed by atoms with E-state index in [-0.39, 0.29) is 70.6 Å². The summed E-state index contributed by atoms with van der Waals surface area (Å²) in [5, 5.41) is -5.04. The molecule has 0 bridgehead atoms. The van der Waals surface area contributed by atoms with Crippen LogP contribution in [0.2, 0.25) is 0 Å². The zero-order valence-corrected chi connectivity index (χ0v) is 14.0. The first kappa shape index (κ1) is 22.4. The Hall–Kier alpha value is 1.13. The summed E-state index contributed by atoms with van der Waals surface area (Å²) in [6.45, 7) is 0. The first-order valence-corrected chi connectivity index (χ1v) is 6.33. The Labute approximate surface area is 149 Å². The van der Waals surface area contributed by atoms with Crippen LogP contribution in [0.25, 0.3) is 0 Å². The first-order chi connectivity index (χ1) is 7.88. The van der Waals surface area contributed by atoms with Crippen molar-refractivity contribution < 1.29 is 90.7 Å². The second kappa shape index (κ2) is 8.54. The topological polar surface area (TPSA) is 57.2 Å². The molecule has 1 atom stereocenters. The summed E-state index contributed by atoms with van der Waals surface area (Å²) in [5.41, 5.74) is 0. The van der Waals surface area contributed by atoms with Crippen LogP contribution in [-0.4, -0.2) is 30.6 Å². The normalized spacial score (nSPS) is 14.9. The zero-order chi connectivity index (χ0) is 14.6. The molecule has 0 aliphatic heterocycles. The molecule has 0 spiro atoms. The molecule has 0 aliphatic carbocycles. The van der Waals surface area contributed by atoms with Crippen molar-refractivity contribution in [2.75, 3.05) is 0 Å². The maximum atomic E-state index is 12.8. The van der Waals surface area contributed by atoms with Crippen molar-refractivity contribution in [1.82, 2.24) is 0 Å². The molecular formula is C8H11F6KO3S. The van der Waals surface area contributed by atoms with E-state index in [1.807, 2.05) is 0 Å². The molecule has 0 rings (SSSR count). The Morgan fingerprint density at radius 3 is 1.84 bits per heavy atom. The predicted octanol–water partition coefficient (Wildman–Crippen LogP) is -0.0207. The fraction of sp³-hybridized carbons (Fsp3) is 1.00. The Bertz CT molecular complexity index is 356. The van der Waals surface area contributed by atoms with Crippen molar-refractivity contribution in [3.8, 4) is 0 Å². The van der Waals surface area contributed by atoms with Crippen LogP contribution in [0.5, 0.6) is 0 Å². The van der Waals surface area contributed by atoms with E-state index in [4.69, 9.17) is 0 Å². The smallest absolute Gasteiger partial charge is 0.743 e. The van der Waals surface area contributed by atoms with Gasteiger partial charge in [-0.25, -0.2) is 12.8 Å². The van der Waals surface area contributed by atoms with Gasteiger partial charge in [-0.3, -0.25) is 0 Å². The van der Waals surface area contributed by atoms with Crippen LogP contribution in [-0.2, 0) is 10.1 Å². The van der Waals surface area contributed by atoms with Gasteiger partial charge in [0.15, 0.2) is 16.3 Å². The van der Waals surface area contributed by atoms with E-state index in [0.29, 0.717) is 0 Å². The molecule has 0 heterocycles. The summed E-state index contributed by atoms with van der Waals surface area (Å²) < 4.78 is 103. The van der Waals surface area contributed by atoms with E-state index in [1.165, 1.54) is 0 Å². The Kier molecular flexibility index (Phi) is 10.1. The Morgan fingerprint density at radius 1 is 1.00 bits per heavy atom. The Morgan fingerprint density at radius 2 is 1.47 bits per heavy atom. The van der Waals surface area contributed by atoms with E-state index in [9.17, 15) is 39.3 Å². The predicted molar refractivity (Wildman–Crippen MR) is 48.7 cm³/mol.